The molecule has 0 aromatic heterocycles. The highest BCUT2D eigenvalue weighted by Gasteiger charge is 2.48. The second-order valence-corrected chi connectivity index (χ2v) is 8.56. The van der Waals surface area contributed by atoms with Crippen LogP contribution >= 0.6 is 0 Å². The van der Waals surface area contributed by atoms with E-state index in [0.717, 1.165) is 38.1 Å². The number of carbonyl (C=O) groups is 1. The minimum atomic E-state index is -0.468. The van der Waals surface area contributed by atoms with Gasteiger partial charge in [-0.2, -0.15) is 0 Å². The molecule has 1 amide bonds. The first kappa shape index (κ1) is 19.7. The lowest BCUT2D eigenvalue weighted by molar-refractivity contribution is -0.0237. The van der Waals surface area contributed by atoms with Crippen molar-refractivity contribution in [2.75, 3.05) is 13.7 Å². The molecule has 0 spiro atoms. The highest BCUT2D eigenvalue weighted by molar-refractivity contribution is 5.70. The van der Waals surface area contributed by atoms with Crippen LogP contribution in [0.25, 0.3) is 0 Å². The van der Waals surface area contributed by atoms with Gasteiger partial charge in [0.1, 0.15) is 11.4 Å². The molecular weight excluding hydrogens is 340 g/mol. The van der Waals surface area contributed by atoms with Gasteiger partial charge >= 0.3 is 6.09 Å². The lowest BCUT2D eigenvalue weighted by Gasteiger charge is -2.47. The average Bonchev–Trinajstić information content (AvgIpc) is 2.94. The number of hydrogen-bond acceptors (Lipinski definition) is 4. The van der Waals surface area contributed by atoms with Gasteiger partial charge in [0.25, 0.3) is 0 Å². The van der Waals surface area contributed by atoms with E-state index in [0.29, 0.717) is 0 Å². The summed E-state index contributed by atoms with van der Waals surface area (Å²) in [5, 5.41) is 0. The van der Waals surface area contributed by atoms with Crippen LogP contribution in [0, 0.1) is 0 Å². The van der Waals surface area contributed by atoms with Crippen molar-refractivity contribution in [1.29, 1.82) is 0 Å². The second kappa shape index (κ2) is 7.93. The maximum absolute atomic E-state index is 12.8. The van der Waals surface area contributed by atoms with Crippen LogP contribution in [0.15, 0.2) is 36.9 Å². The quantitative estimate of drug-likeness (QED) is 0.726. The normalized spacial score (nSPS) is 25.3. The van der Waals surface area contributed by atoms with Crippen LogP contribution in [0.4, 0.5) is 4.79 Å². The maximum Gasteiger partial charge on any atom is 0.410 e. The van der Waals surface area contributed by atoms with Gasteiger partial charge in [0.2, 0.25) is 0 Å². The minimum absolute atomic E-state index is 0.173. The van der Waals surface area contributed by atoms with Crippen LogP contribution in [0.5, 0.6) is 5.75 Å². The van der Waals surface area contributed by atoms with Crippen molar-refractivity contribution in [2.45, 2.75) is 70.3 Å². The average molecular weight is 373 g/mol. The Labute approximate surface area is 162 Å². The second-order valence-electron chi connectivity index (χ2n) is 8.56. The third-order valence-corrected chi connectivity index (χ3v) is 5.46. The van der Waals surface area contributed by atoms with Crippen molar-refractivity contribution < 1.29 is 14.3 Å². The zero-order valence-corrected chi connectivity index (χ0v) is 17.0. The molecule has 5 nitrogen and oxygen atoms in total. The predicted molar refractivity (Wildman–Crippen MR) is 107 cm³/mol. The maximum atomic E-state index is 12.8. The van der Waals surface area contributed by atoms with Gasteiger partial charge in [-0.1, -0.05) is 18.2 Å². The van der Waals surface area contributed by atoms with Crippen molar-refractivity contribution in [2.24, 2.45) is 0 Å². The SMILES string of the molecule is C=CC[C@@H]1C2CC[C@H](CN1Cc1ccc(OC)cc1)N2C(=O)OC(C)(C)C. The summed E-state index contributed by atoms with van der Waals surface area (Å²) in [6.45, 7) is 11.5. The third-order valence-electron chi connectivity index (χ3n) is 5.46. The fourth-order valence-corrected chi connectivity index (χ4v) is 4.34. The van der Waals surface area contributed by atoms with Crippen LogP contribution in [0.1, 0.15) is 45.6 Å². The molecule has 5 heteroatoms. The van der Waals surface area contributed by atoms with Crippen LogP contribution in [0.3, 0.4) is 0 Å². The van der Waals surface area contributed by atoms with E-state index in [1.165, 1.54) is 5.56 Å². The molecule has 2 aliphatic heterocycles. The van der Waals surface area contributed by atoms with Crippen molar-refractivity contribution in [3.63, 3.8) is 0 Å². The Morgan fingerprint density at radius 1 is 1.26 bits per heavy atom. The molecule has 1 aromatic carbocycles. The molecule has 2 saturated heterocycles. The molecule has 0 saturated carbocycles. The topological polar surface area (TPSA) is 42.0 Å². The van der Waals surface area contributed by atoms with Gasteiger partial charge in [-0.25, -0.2) is 4.79 Å². The summed E-state index contributed by atoms with van der Waals surface area (Å²) in [6, 6.07) is 8.93. The van der Waals surface area contributed by atoms with E-state index >= 15 is 0 Å². The fraction of sp³-hybridized carbons (Fsp3) is 0.591. The third kappa shape index (κ3) is 4.46. The molecule has 2 bridgehead atoms. The Bertz CT molecular complexity index is 665. The molecule has 0 aliphatic carbocycles. The number of benzene rings is 1. The summed E-state index contributed by atoms with van der Waals surface area (Å²) >= 11 is 0. The van der Waals surface area contributed by atoms with Gasteiger partial charge in [0.05, 0.1) is 13.2 Å². The first-order chi connectivity index (χ1) is 12.8. The number of carbonyl (C=O) groups excluding carboxylic acids is 1. The number of rotatable bonds is 5. The number of likely N-dealkylation sites (tertiary alicyclic amines) is 1. The number of amides is 1. The van der Waals surface area contributed by atoms with E-state index in [2.05, 4.69) is 23.6 Å². The predicted octanol–water partition coefficient (Wildman–Crippen LogP) is 4.22. The van der Waals surface area contributed by atoms with Crippen molar-refractivity contribution in [3.8, 4) is 5.75 Å². The Morgan fingerprint density at radius 3 is 2.56 bits per heavy atom. The van der Waals surface area contributed by atoms with E-state index in [1.807, 2.05) is 43.9 Å². The molecule has 27 heavy (non-hydrogen) atoms. The summed E-state index contributed by atoms with van der Waals surface area (Å²) in [7, 11) is 1.68. The first-order valence-electron chi connectivity index (χ1n) is 9.81. The van der Waals surface area contributed by atoms with Gasteiger partial charge in [0, 0.05) is 25.2 Å². The number of hydrogen-bond donors (Lipinski definition) is 0. The van der Waals surface area contributed by atoms with E-state index < -0.39 is 5.60 Å². The molecule has 2 aliphatic rings. The van der Waals surface area contributed by atoms with Crippen molar-refractivity contribution in [1.82, 2.24) is 9.80 Å². The summed E-state index contributed by atoms with van der Waals surface area (Å²) in [6.07, 6.45) is 4.73. The van der Waals surface area contributed by atoms with Crippen molar-refractivity contribution >= 4 is 6.09 Å². The number of methoxy groups -OCH3 is 1. The Kier molecular flexibility index (Phi) is 5.80. The monoisotopic (exact) mass is 372 g/mol. The van der Waals surface area contributed by atoms with E-state index in [-0.39, 0.29) is 24.2 Å². The molecule has 3 atom stereocenters. The summed E-state index contributed by atoms with van der Waals surface area (Å²) in [5.41, 5.74) is 0.792. The van der Waals surface area contributed by atoms with Gasteiger partial charge < -0.3 is 9.47 Å². The van der Waals surface area contributed by atoms with E-state index in [9.17, 15) is 4.79 Å². The van der Waals surface area contributed by atoms with Crippen LogP contribution < -0.4 is 4.74 Å². The molecule has 0 N–H and O–H groups in total. The summed E-state index contributed by atoms with van der Waals surface area (Å²) in [5.74, 6) is 0.871. The molecule has 2 fully saturated rings. The summed E-state index contributed by atoms with van der Waals surface area (Å²) in [4.78, 5) is 17.3. The smallest absolute Gasteiger partial charge is 0.410 e. The number of nitrogens with zero attached hydrogens (tertiary/aromatic N) is 2. The lowest BCUT2D eigenvalue weighted by Crippen LogP contribution is -2.61. The molecular formula is C22H32N2O3. The zero-order valence-electron chi connectivity index (χ0n) is 17.0. The van der Waals surface area contributed by atoms with Gasteiger partial charge in [-0.05, 0) is 57.7 Å². The fourth-order valence-electron chi connectivity index (χ4n) is 4.34. The molecule has 3 rings (SSSR count). The molecule has 1 aromatic rings. The molecule has 148 valence electrons. The van der Waals surface area contributed by atoms with Crippen molar-refractivity contribution in [3.05, 3.63) is 42.5 Å². The van der Waals surface area contributed by atoms with E-state index in [4.69, 9.17) is 9.47 Å². The van der Waals surface area contributed by atoms with Crippen LogP contribution in [-0.4, -0.2) is 53.3 Å². The lowest BCUT2D eigenvalue weighted by atomic mass is 9.98. The molecule has 0 radical (unpaired) electrons. The first-order valence-corrected chi connectivity index (χ1v) is 9.81. The van der Waals surface area contributed by atoms with Crippen LogP contribution in [0.2, 0.25) is 0 Å². The van der Waals surface area contributed by atoms with E-state index in [1.54, 1.807) is 7.11 Å². The Balaban J connectivity index is 1.76. The minimum Gasteiger partial charge on any atom is -0.497 e. The Morgan fingerprint density at radius 2 is 1.96 bits per heavy atom. The number of ether oxygens (including phenoxy) is 2. The van der Waals surface area contributed by atoms with Crippen LogP contribution in [-0.2, 0) is 11.3 Å². The largest absolute Gasteiger partial charge is 0.497 e. The number of fused-ring (bicyclic) bond motifs is 2. The highest BCUT2D eigenvalue weighted by atomic mass is 16.6. The molecule has 1 unspecified atom stereocenters. The number of piperazine rings is 1. The van der Waals surface area contributed by atoms with Gasteiger partial charge in [0.15, 0.2) is 0 Å². The standard InChI is InChI=1S/C22H32N2O3/c1-6-7-19-20-13-10-17(24(20)21(25)27-22(2,3)4)15-23(19)14-16-8-11-18(26-5)12-9-16/h6,8-9,11-12,17,19-20H,1,7,10,13-15H2,2-5H3/t17-,19-,20?/m1/s1. The Hall–Kier alpha value is -2.01. The van der Waals surface area contributed by atoms with Gasteiger partial charge in [-0.3, -0.25) is 9.80 Å². The zero-order chi connectivity index (χ0) is 19.6. The summed E-state index contributed by atoms with van der Waals surface area (Å²) < 4.78 is 11.0. The van der Waals surface area contributed by atoms with Gasteiger partial charge in [-0.15, -0.1) is 6.58 Å². The molecule has 2 heterocycles. The highest BCUT2D eigenvalue weighted by Crippen LogP contribution is 2.37.